The van der Waals surface area contributed by atoms with Gasteiger partial charge in [0.25, 0.3) is 0 Å². The highest BCUT2D eigenvalue weighted by molar-refractivity contribution is 7.10. The van der Waals surface area contributed by atoms with Crippen LogP contribution in [0.2, 0.25) is 0 Å². The van der Waals surface area contributed by atoms with Crippen molar-refractivity contribution in [3.63, 3.8) is 0 Å². The second-order valence-electron chi connectivity index (χ2n) is 5.38. The minimum Gasteiger partial charge on any atom is -0.461 e. The van der Waals surface area contributed by atoms with E-state index < -0.39 is 0 Å². The Morgan fingerprint density at radius 3 is 2.73 bits per heavy atom. The van der Waals surface area contributed by atoms with Crippen molar-refractivity contribution >= 4 is 23.0 Å². The lowest BCUT2D eigenvalue weighted by molar-refractivity contribution is 0.0518. The number of anilines is 1. The maximum absolute atomic E-state index is 12.0. The van der Waals surface area contributed by atoms with Crippen molar-refractivity contribution in [2.75, 3.05) is 24.6 Å². The Labute approximate surface area is 134 Å². The number of hydrogen-bond donors (Lipinski definition) is 0. The fourth-order valence-corrected chi connectivity index (χ4v) is 3.88. The minimum atomic E-state index is -0.288. The summed E-state index contributed by atoms with van der Waals surface area (Å²) in [6.07, 6.45) is 2.09. The molecular formula is C17H20N2O2S. The fourth-order valence-electron chi connectivity index (χ4n) is 2.94. The fraction of sp³-hybridized carbons (Fsp3) is 0.412. The number of piperidine rings is 1. The van der Waals surface area contributed by atoms with Gasteiger partial charge in [-0.1, -0.05) is 18.2 Å². The van der Waals surface area contributed by atoms with Crippen molar-refractivity contribution < 1.29 is 9.53 Å². The van der Waals surface area contributed by atoms with Crippen molar-refractivity contribution in [1.29, 1.82) is 0 Å². The standard InChI is InChI=1S/C17H20N2O2S/c1-2-21-17(20)15-16(22-12-18-15)13-8-10-19(11-9-13)14-6-4-3-5-7-14/h3-7,12-13H,2,8-11H2,1H3. The SMILES string of the molecule is CCOC(=O)c1ncsc1C1CCN(c2ccccc2)CC1. The molecule has 1 aromatic carbocycles. The molecule has 0 atom stereocenters. The molecule has 1 aromatic heterocycles. The van der Waals surface area contributed by atoms with Gasteiger partial charge >= 0.3 is 5.97 Å². The van der Waals surface area contributed by atoms with Crippen LogP contribution in [0.1, 0.15) is 41.0 Å². The number of para-hydroxylation sites is 1. The van der Waals surface area contributed by atoms with Gasteiger partial charge in [-0.25, -0.2) is 9.78 Å². The summed E-state index contributed by atoms with van der Waals surface area (Å²) >= 11 is 1.58. The number of rotatable bonds is 4. The molecule has 2 aromatic rings. The molecule has 22 heavy (non-hydrogen) atoms. The van der Waals surface area contributed by atoms with Gasteiger partial charge in [0.1, 0.15) is 0 Å². The molecule has 4 nitrogen and oxygen atoms in total. The Kier molecular flexibility index (Phi) is 4.73. The summed E-state index contributed by atoms with van der Waals surface area (Å²) in [4.78, 5) is 19.7. The highest BCUT2D eigenvalue weighted by Gasteiger charge is 2.27. The summed E-state index contributed by atoms with van der Waals surface area (Å²) in [5.74, 6) is 0.121. The highest BCUT2D eigenvalue weighted by atomic mass is 32.1. The number of esters is 1. The molecule has 0 aliphatic carbocycles. The first-order valence-corrected chi connectivity index (χ1v) is 8.58. The topological polar surface area (TPSA) is 42.4 Å². The zero-order chi connectivity index (χ0) is 15.4. The number of benzene rings is 1. The third-order valence-corrected chi connectivity index (χ3v) is 5.04. The maximum Gasteiger partial charge on any atom is 0.358 e. The predicted molar refractivity (Wildman–Crippen MR) is 88.7 cm³/mol. The van der Waals surface area contributed by atoms with Gasteiger partial charge in [-0.2, -0.15) is 0 Å². The van der Waals surface area contributed by atoms with Gasteiger partial charge < -0.3 is 9.64 Å². The van der Waals surface area contributed by atoms with Crippen LogP contribution in [0.5, 0.6) is 0 Å². The van der Waals surface area contributed by atoms with Gasteiger partial charge in [-0.05, 0) is 37.8 Å². The molecule has 1 aliphatic heterocycles. The van der Waals surface area contributed by atoms with Gasteiger partial charge in [0.15, 0.2) is 5.69 Å². The Bertz CT molecular complexity index is 619. The molecule has 3 rings (SSSR count). The van der Waals surface area contributed by atoms with Crippen LogP contribution in [0.15, 0.2) is 35.8 Å². The number of carbonyl (C=O) groups excluding carboxylic acids is 1. The van der Waals surface area contributed by atoms with Gasteiger partial charge in [-0.15, -0.1) is 11.3 Å². The summed E-state index contributed by atoms with van der Waals surface area (Å²) in [6, 6.07) is 10.5. The van der Waals surface area contributed by atoms with Crippen LogP contribution >= 0.6 is 11.3 Å². The van der Waals surface area contributed by atoms with Crippen LogP contribution < -0.4 is 4.90 Å². The average Bonchev–Trinajstić information content (AvgIpc) is 3.06. The van der Waals surface area contributed by atoms with E-state index in [1.807, 2.05) is 13.0 Å². The van der Waals surface area contributed by atoms with E-state index in [-0.39, 0.29) is 5.97 Å². The molecule has 1 fully saturated rings. The molecule has 0 radical (unpaired) electrons. The lowest BCUT2D eigenvalue weighted by Gasteiger charge is -2.33. The number of thiazole rings is 1. The van der Waals surface area contributed by atoms with Crippen LogP contribution in [0.3, 0.4) is 0 Å². The average molecular weight is 316 g/mol. The summed E-state index contributed by atoms with van der Waals surface area (Å²) in [7, 11) is 0. The van der Waals surface area contributed by atoms with E-state index in [1.165, 1.54) is 5.69 Å². The van der Waals surface area contributed by atoms with Gasteiger partial charge in [0, 0.05) is 23.7 Å². The third kappa shape index (κ3) is 3.14. The van der Waals surface area contributed by atoms with E-state index in [0.29, 0.717) is 18.2 Å². The van der Waals surface area contributed by atoms with Gasteiger partial charge in [0.2, 0.25) is 0 Å². The second-order valence-corrected chi connectivity index (χ2v) is 6.27. The third-order valence-electron chi connectivity index (χ3n) is 4.05. The summed E-state index contributed by atoms with van der Waals surface area (Å²) in [5.41, 5.74) is 3.55. The van der Waals surface area contributed by atoms with E-state index in [9.17, 15) is 4.79 Å². The monoisotopic (exact) mass is 316 g/mol. The largest absolute Gasteiger partial charge is 0.461 e. The lowest BCUT2D eigenvalue weighted by Crippen LogP contribution is -2.33. The van der Waals surface area contributed by atoms with Crippen molar-refractivity contribution in [2.45, 2.75) is 25.7 Å². The van der Waals surface area contributed by atoms with Crippen LogP contribution in [-0.4, -0.2) is 30.6 Å². The molecule has 1 aliphatic rings. The van der Waals surface area contributed by atoms with Crippen molar-refractivity contribution in [3.8, 4) is 0 Å². The molecule has 5 heteroatoms. The number of ether oxygens (including phenoxy) is 1. The first-order valence-electron chi connectivity index (χ1n) is 7.70. The quantitative estimate of drug-likeness (QED) is 0.807. The summed E-state index contributed by atoms with van der Waals surface area (Å²) in [5, 5.41) is 0. The molecular weight excluding hydrogens is 296 g/mol. The molecule has 0 unspecified atom stereocenters. The van der Waals surface area contributed by atoms with Crippen molar-refractivity contribution in [2.24, 2.45) is 0 Å². The molecule has 0 bridgehead atoms. The summed E-state index contributed by atoms with van der Waals surface area (Å²) < 4.78 is 5.10. The van der Waals surface area contributed by atoms with Gasteiger partial charge in [0.05, 0.1) is 12.1 Å². The lowest BCUT2D eigenvalue weighted by atomic mass is 9.94. The molecule has 1 saturated heterocycles. The van der Waals surface area contributed by atoms with Crippen molar-refractivity contribution in [1.82, 2.24) is 4.98 Å². The smallest absolute Gasteiger partial charge is 0.358 e. The predicted octanol–water partition coefficient (Wildman–Crippen LogP) is 3.70. The Morgan fingerprint density at radius 2 is 2.05 bits per heavy atom. The zero-order valence-electron chi connectivity index (χ0n) is 12.7. The molecule has 0 saturated carbocycles. The Hall–Kier alpha value is -1.88. The summed E-state index contributed by atoms with van der Waals surface area (Å²) in [6.45, 7) is 4.23. The van der Waals surface area contributed by atoms with Gasteiger partial charge in [-0.3, -0.25) is 0 Å². The van der Waals surface area contributed by atoms with E-state index >= 15 is 0 Å². The highest BCUT2D eigenvalue weighted by Crippen LogP contribution is 2.34. The number of nitrogens with zero attached hydrogens (tertiary/aromatic N) is 2. The zero-order valence-corrected chi connectivity index (χ0v) is 13.5. The molecule has 0 N–H and O–H groups in total. The first kappa shape index (κ1) is 15.0. The minimum absolute atomic E-state index is 0.288. The van der Waals surface area contributed by atoms with Crippen LogP contribution in [0.25, 0.3) is 0 Å². The maximum atomic E-state index is 12.0. The molecule has 0 spiro atoms. The van der Waals surface area contributed by atoms with Crippen LogP contribution in [-0.2, 0) is 4.74 Å². The molecule has 2 heterocycles. The van der Waals surface area contributed by atoms with Crippen LogP contribution in [0.4, 0.5) is 5.69 Å². The Balaban J connectivity index is 1.67. The first-order chi connectivity index (χ1) is 10.8. The van der Waals surface area contributed by atoms with Crippen LogP contribution in [0, 0.1) is 0 Å². The number of hydrogen-bond acceptors (Lipinski definition) is 5. The Morgan fingerprint density at radius 1 is 1.32 bits per heavy atom. The molecule has 116 valence electrons. The number of carbonyl (C=O) groups is 1. The normalized spacial score (nSPS) is 15.8. The van der Waals surface area contributed by atoms with E-state index in [0.717, 1.165) is 30.8 Å². The number of aromatic nitrogens is 1. The van der Waals surface area contributed by atoms with E-state index in [2.05, 4.69) is 34.1 Å². The molecule has 0 amide bonds. The van der Waals surface area contributed by atoms with E-state index in [4.69, 9.17) is 4.74 Å². The second kappa shape index (κ2) is 6.92. The van der Waals surface area contributed by atoms with E-state index in [1.54, 1.807) is 16.8 Å². The van der Waals surface area contributed by atoms with Crippen molar-refractivity contribution in [3.05, 3.63) is 46.4 Å².